The number of hydrogen-bond donors (Lipinski definition) is 3. The fourth-order valence-corrected chi connectivity index (χ4v) is 2.58. The van der Waals surface area contributed by atoms with Crippen molar-refractivity contribution >= 4 is 10.9 Å². The molecule has 90 valence electrons. The third-order valence-corrected chi connectivity index (χ3v) is 3.56. The Morgan fingerprint density at radius 2 is 2.24 bits per heavy atom. The number of nitrogens with one attached hydrogen (secondary N) is 3. The molecule has 17 heavy (non-hydrogen) atoms. The lowest BCUT2D eigenvalue weighted by molar-refractivity contribution is 0.551. The van der Waals surface area contributed by atoms with E-state index in [0.29, 0.717) is 6.04 Å². The summed E-state index contributed by atoms with van der Waals surface area (Å²) in [4.78, 5) is 3.33. The summed E-state index contributed by atoms with van der Waals surface area (Å²) in [7, 11) is 0. The van der Waals surface area contributed by atoms with Crippen molar-refractivity contribution in [1.82, 2.24) is 15.6 Å². The van der Waals surface area contributed by atoms with E-state index in [1.807, 2.05) is 0 Å². The molecule has 1 fully saturated rings. The van der Waals surface area contributed by atoms with E-state index in [-0.39, 0.29) is 0 Å². The van der Waals surface area contributed by atoms with Gasteiger partial charge < -0.3 is 15.6 Å². The zero-order valence-electron chi connectivity index (χ0n) is 10.00. The summed E-state index contributed by atoms with van der Waals surface area (Å²) >= 11 is 0. The summed E-state index contributed by atoms with van der Waals surface area (Å²) in [5, 5.41) is 8.35. The van der Waals surface area contributed by atoms with Crippen LogP contribution >= 0.6 is 0 Å². The molecule has 0 aliphatic carbocycles. The van der Waals surface area contributed by atoms with Crippen LogP contribution in [0.15, 0.2) is 30.5 Å². The average molecular weight is 229 g/mol. The number of fused-ring (bicyclic) bond motifs is 1. The molecule has 3 nitrogen and oxygen atoms in total. The van der Waals surface area contributed by atoms with Crippen molar-refractivity contribution < 1.29 is 0 Å². The highest BCUT2D eigenvalue weighted by molar-refractivity contribution is 5.83. The maximum Gasteiger partial charge on any atom is 0.0456 e. The van der Waals surface area contributed by atoms with Crippen molar-refractivity contribution in [3.8, 4) is 0 Å². The van der Waals surface area contributed by atoms with Crippen LogP contribution in [0.5, 0.6) is 0 Å². The van der Waals surface area contributed by atoms with Gasteiger partial charge in [-0.25, -0.2) is 0 Å². The number of para-hydroxylation sites is 1. The minimum atomic E-state index is 0.667. The molecule has 0 spiro atoms. The summed E-state index contributed by atoms with van der Waals surface area (Å²) in [6.45, 7) is 3.34. The molecule has 3 rings (SSSR count). The zero-order valence-corrected chi connectivity index (χ0v) is 10.00. The highest BCUT2D eigenvalue weighted by Crippen LogP contribution is 2.17. The van der Waals surface area contributed by atoms with Gasteiger partial charge in [0.1, 0.15) is 0 Å². The van der Waals surface area contributed by atoms with Gasteiger partial charge >= 0.3 is 0 Å². The standard InChI is InChI=1S/C14H19N3/c1-2-4-14-13(3-1)11(9-17-14)5-8-16-12-6-7-15-10-12/h1-4,9,12,15-17H,5-8,10H2. The van der Waals surface area contributed by atoms with E-state index in [1.54, 1.807) is 0 Å². The Labute approximate surface area is 102 Å². The molecule has 0 radical (unpaired) electrons. The first-order chi connectivity index (χ1) is 8.43. The third kappa shape index (κ3) is 2.35. The lowest BCUT2D eigenvalue weighted by Gasteiger charge is -2.10. The lowest BCUT2D eigenvalue weighted by Crippen LogP contribution is -2.32. The Hall–Kier alpha value is -1.32. The highest BCUT2D eigenvalue weighted by atomic mass is 15.0. The number of H-pyrrole nitrogens is 1. The minimum absolute atomic E-state index is 0.667. The Bertz CT molecular complexity index is 483. The molecule has 1 aromatic heterocycles. The highest BCUT2D eigenvalue weighted by Gasteiger charge is 2.13. The van der Waals surface area contributed by atoms with Gasteiger partial charge in [0.2, 0.25) is 0 Å². The molecule has 1 aromatic carbocycles. The van der Waals surface area contributed by atoms with Crippen LogP contribution in [0.3, 0.4) is 0 Å². The van der Waals surface area contributed by atoms with Gasteiger partial charge in [-0.1, -0.05) is 18.2 Å². The first kappa shape index (κ1) is 10.8. The van der Waals surface area contributed by atoms with Gasteiger partial charge in [0.05, 0.1) is 0 Å². The van der Waals surface area contributed by atoms with Crippen molar-refractivity contribution in [3.63, 3.8) is 0 Å². The molecule has 3 N–H and O–H groups in total. The molecule has 1 atom stereocenters. The normalized spacial score (nSPS) is 20.1. The van der Waals surface area contributed by atoms with Crippen molar-refractivity contribution in [1.29, 1.82) is 0 Å². The monoisotopic (exact) mass is 229 g/mol. The van der Waals surface area contributed by atoms with Crippen LogP contribution in [0.4, 0.5) is 0 Å². The first-order valence-electron chi connectivity index (χ1n) is 6.42. The molecule has 0 amide bonds. The second-order valence-corrected chi connectivity index (χ2v) is 4.75. The van der Waals surface area contributed by atoms with Crippen LogP contribution in [-0.2, 0) is 6.42 Å². The Morgan fingerprint density at radius 1 is 1.29 bits per heavy atom. The number of benzene rings is 1. The van der Waals surface area contributed by atoms with Gasteiger partial charge in [0.15, 0.2) is 0 Å². The minimum Gasteiger partial charge on any atom is -0.361 e. The smallest absolute Gasteiger partial charge is 0.0456 e. The predicted octanol–water partition coefficient (Wildman–Crippen LogP) is 1.66. The van der Waals surface area contributed by atoms with Crippen LogP contribution in [0.1, 0.15) is 12.0 Å². The maximum absolute atomic E-state index is 3.61. The Kier molecular flexibility index (Phi) is 3.12. The fraction of sp³-hybridized carbons (Fsp3) is 0.429. The topological polar surface area (TPSA) is 39.8 Å². The molecule has 1 aliphatic rings. The van der Waals surface area contributed by atoms with Gasteiger partial charge in [-0.15, -0.1) is 0 Å². The van der Waals surface area contributed by atoms with E-state index in [1.165, 1.54) is 22.9 Å². The Balaban J connectivity index is 1.60. The quantitative estimate of drug-likeness (QED) is 0.746. The van der Waals surface area contributed by atoms with Crippen molar-refractivity contribution in [3.05, 3.63) is 36.0 Å². The summed E-state index contributed by atoms with van der Waals surface area (Å²) in [6.07, 6.45) is 4.49. The number of aromatic amines is 1. The Morgan fingerprint density at radius 3 is 3.12 bits per heavy atom. The third-order valence-electron chi connectivity index (χ3n) is 3.56. The van der Waals surface area contributed by atoms with Gasteiger partial charge in [0, 0.05) is 29.7 Å². The van der Waals surface area contributed by atoms with E-state index < -0.39 is 0 Å². The summed E-state index contributed by atoms with van der Waals surface area (Å²) in [5.41, 5.74) is 2.66. The molecule has 0 saturated carbocycles. The number of hydrogen-bond acceptors (Lipinski definition) is 2. The average Bonchev–Trinajstić information content (AvgIpc) is 2.99. The fourth-order valence-electron chi connectivity index (χ4n) is 2.58. The van der Waals surface area contributed by atoms with Crippen LogP contribution < -0.4 is 10.6 Å². The van der Waals surface area contributed by atoms with E-state index in [0.717, 1.165) is 26.1 Å². The van der Waals surface area contributed by atoms with Crippen LogP contribution in [-0.4, -0.2) is 30.7 Å². The van der Waals surface area contributed by atoms with Crippen LogP contribution in [0.2, 0.25) is 0 Å². The maximum atomic E-state index is 3.61. The summed E-state index contributed by atoms with van der Waals surface area (Å²) in [5.74, 6) is 0. The van der Waals surface area contributed by atoms with E-state index >= 15 is 0 Å². The van der Waals surface area contributed by atoms with E-state index in [2.05, 4.69) is 46.1 Å². The summed E-state index contributed by atoms with van der Waals surface area (Å²) < 4.78 is 0. The number of aromatic nitrogens is 1. The second-order valence-electron chi connectivity index (χ2n) is 4.75. The SMILES string of the molecule is c1ccc2c(CCNC3CCNC3)c[nH]c2c1. The molecule has 1 aliphatic heterocycles. The van der Waals surface area contributed by atoms with Crippen molar-refractivity contribution in [2.45, 2.75) is 18.9 Å². The van der Waals surface area contributed by atoms with Crippen LogP contribution in [0, 0.1) is 0 Å². The van der Waals surface area contributed by atoms with Gasteiger partial charge in [-0.05, 0) is 37.6 Å². The zero-order chi connectivity index (χ0) is 11.5. The second kappa shape index (κ2) is 4.90. The van der Waals surface area contributed by atoms with E-state index in [4.69, 9.17) is 0 Å². The molecule has 3 heteroatoms. The molecular weight excluding hydrogens is 210 g/mol. The summed E-state index contributed by atoms with van der Waals surface area (Å²) in [6, 6.07) is 9.17. The first-order valence-corrected chi connectivity index (χ1v) is 6.42. The molecule has 2 heterocycles. The van der Waals surface area contributed by atoms with E-state index in [9.17, 15) is 0 Å². The van der Waals surface area contributed by atoms with Crippen molar-refractivity contribution in [2.24, 2.45) is 0 Å². The van der Waals surface area contributed by atoms with Crippen molar-refractivity contribution in [2.75, 3.05) is 19.6 Å². The van der Waals surface area contributed by atoms with Gasteiger partial charge in [0.25, 0.3) is 0 Å². The van der Waals surface area contributed by atoms with Gasteiger partial charge in [-0.3, -0.25) is 0 Å². The molecule has 1 unspecified atom stereocenters. The van der Waals surface area contributed by atoms with Crippen LogP contribution in [0.25, 0.3) is 10.9 Å². The number of rotatable bonds is 4. The molecule has 0 bridgehead atoms. The largest absolute Gasteiger partial charge is 0.361 e. The lowest BCUT2D eigenvalue weighted by atomic mass is 10.1. The molecular formula is C14H19N3. The molecule has 2 aromatic rings. The van der Waals surface area contributed by atoms with Gasteiger partial charge in [-0.2, -0.15) is 0 Å². The predicted molar refractivity (Wildman–Crippen MR) is 71.3 cm³/mol. The molecule has 1 saturated heterocycles.